The van der Waals surface area contributed by atoms with Crippen molar-refractivity contribution in [2.45, 2.75) is 25.4 Å². The molecule has 1 saturated carbocycles. The van der Waals surface area contributed by atoms with E-state index >= 15 is 0 Å². The van der Waals surface area contributed by atoms with Crippen LogP contribution in [0, 0.1) is 0 Å². The molecule has 1 aromatic carbocycles. The van der Waals surface area contributed by atoms with E-state index in [1.54, 1.807) is 13.3 Å². The van der Waals surface area contributed by atoms with E-state index in [1.807, 2.05) is 24.3 Å². The van der Waals surface area contributed by atoms with Gasteiger partial charge < -0.3 is 9.72 Å². The van der Waals surface area contributed by atoms with Gasteiger partial charge in [0, 0.05) is 18.8 Å². The molecule has 0 unspecified atom stereocenters. The van der Waals surface area contributed by atoms with Gasteiger partial charge in [0.25, 0.3) is 0 Å². The molecule has 2 aromatic rings. The van der Waals surface area contributed by atoms with Gasteiger partial charge in [-0.15, -0.1) is 0 Å². The number of methoxy groups -OCH3 is 1. The second kappa shape index (κ2) is 6.14. The molecular weight excluding hydrogens is 264 g/mol. The first-order chi connectivity index (χ1) is 10.3. The number of hydrogen-bond donors (Lipinski definition) is 1. The first kappa shape index (κ1) is 13.9. The minimum atomic E-state index is 0.153. The van der Waals surface area contributed by atoms with Crippen molar-refractivity contribution < 1.29 is 9.53 Å². The molecule has 21 heavy (non-hydrogen) atoms. The third-order valence-corrected chi connectivity index (χ3v) is 3.85. The van der Waals surface area contributed by atoms with Crippen molar-refractivity contribution in [3.63, 3.8) is 0 Å². The van der Waals surface area contributed by atoms with Crippen LogP contribution in [-0.4, -0.2) is 35.4 Å². The molecule has 110 valence electrons. The summed E-state index contributed by atoms with van der Waals surface area (Å²) in [7, 11) is 1.67. The van der Waals surface area contributed by atoms with Gasteiger partial charge in [0.15, 0.2) is 5.78 Å². The minimum Gasteiger partial charge on any atom is -0.497 e. The van der Waals surface area contributed by atoms with Gasteiger partial charge in [0.1, 0.15) is 5.75 Å². The number of nitrogens with zero attached hydrogens (tertiary/aromatic N) is 1. The number of H-pyrrole nitrogens is 1. The van der Waals surface area contributed by atoms with Gasteiger partial charge in [-0.3, -0.25) is 9.69 Å². The van der Waals surface area contributed by atoms with Crippen molar-refractivity contribution in [2.75, 3.05) is 13.7 Å². The number of aromatic amines is 1. The van der Waals surface area contributed by atoms with Gasteiger partial charge in [-0.2, -0.15) is 0 Å². The molecule has 3 rings (SSSR count). The molecule has 4 nitrogen and oxygen atoms in total. The quantitative estimate of drug-likeness (QED) is 0.795. The Morgan fingerprint density at radius 2 is 2.05 bits per heavy atom. The molecule has 1 aliphatic rings. The monoisotopic (exact) mass is 284 g/mol. The number of Topliss-reactive ketones (excluding diaryl/α,β-unsaturated/α-hetero) is 1. The zero-order valence-electron chi connectivity index (χ0n) is 12.2. The highest BCUT2D eigenvalue weighted by molar-refractivity contribution is 5.95. The fourth-order valence-corrected chi connectivity index (χ4v) is 2.49. The fourth-order valence-electron chi connectivity index (χ4n) is 2.49. The van der Waals surface area contributed by atoms with Crippen molar-refractivity contribution >= 4 is 5.78 Å². The molecule has 0 spiro atoms. The van der Waals surface area contributed by atoms with Gasteiger partial charge in [-0.05, 0) is 42.7 Å². The van der Waals surface area contributed by atoms with Crippen LogP contribution in [0.5, 0.6) is 5.75 Å². The number of benzene rings is 1. The topological polar surface area (TPSA) is 45.3 Å². The maximum Gasteiger partial charge on any atom is 0.192 e. The van der Waals surface area contributed by atoms with Crippen LogP contribution < -0.4 is 4.74 Å². The summed E-state index contributed by atoms with van der Waals surface area (Å²) in [5.74, 6) is 1.01. The van der Waals surface area contributed by atoms with Crippen molar-refractivity contribution in [1.82, 2.24) is 9.88 Å². The standard InChI is InChI=1S/C17H20N2O2/c1-21-15-8-4-13(5-9-15)11-19(14-6-7-14)12-17(20)16-3-2-10-18-16/h2-5,8-10,14,18H,6-7,11-12H2,1H3. The van der Waals surface area contributed by atoms with Crippen LogP contribution in [-0.2, 0) is 6.54 Å². The average molecular weight is 284 g/mol. The lowest BCUT2D eigenvalue weighted by atomic mass is 10.2. The molecule has 1 aromatic heterocycles. The number of nitrogens with one attached hydrogen (secondary N) is 1. The van der Waals surface area contributed by atoms with Crippen LogP contribution in [0.1, 0.15) is 28.9 Å². The summed E-state index contributed by atoms with van der Waals surface area (Å²) >= 11 is 0. The van der Waals surface area contributed by atoms with Crippen molar-refractivity contribution in [3.05, 3.63) is 53.9 Å². The number of hydrogen-bond acceptors (Lipinski definition) is 3. The van der Waals surface area contributed by atoms with Crippen molar-refractivity contribution in [1.29, 1.82) is 0 Å². The van der Waals surface area contributed by atoms with Crippen LogP contribution in [0.25, 0.3) is 0 Å². The summed E-state index contributed by atoms with van der Waals surface area (Å²) < 4.78 is 5.18. The van der Waals surface area contributed by atoms with E-state index in [2.05, 4.69) is 22.0 Å². The Hall–Kier alpha value is -2.07. The number of carbonyl (C=O) groups excluding carboxylic acids is 1. The van der Waals surface area contributed by atoms with Crippen molar-refractivity contribution in [2.24, 2.45) is 0 Å². The highest BCUT2D eigenvalue weighted by atomic mass is 16.5. The number of rotatable bonds is 7. The molecule has 0 amide bonds. The van der Waals surface area contributed by atoms with Crippen LogP contribution in [0.4, 0.5) is 0 Å². The summed E-state index contributed by atoms with van der Waals surface area (Å²) in [5.41, 5.74) is 1.90. The Bertz CT molecular complexity index is 586. The first-order valence-corrected chi connectivity index (χ1v) is 7.30. The maximum absolute atomic E-state index is 12.2. The number of carbonyl (C=O) groups is 1. The Morgan fingerprint density at radius 1 is 1.29 bits per heavy atom. The lowest BCUT2D eigenvalue weighted by molar-refractivity contribution is 0.0915. The number of ether oxygens (including phenoxy) is 1. The van der Waals surface area contributed by atoms with E-state index in [0.29, 0.717) is 18.3 Å². The first-order valence-electron chi connectivity index (χ1n) is 7.30. The molecule has 0 saturated heterocycles. The van der Waals surface area contributed by atoms with E-state index in [1.165, 1.54) is 18.4 Å². The molecule has 1 heterocycles. The normalized spacial score (nSPS) is 14.4. The Morgan fingerprint density at radius 3 is 2.62 bits per heavy atom. The van der Waals surface area contributed by atoms with E-state index in [-0.39, 0.29) is 5.78 Å². The van der Waals surface area contributed by atoms with Crippen LogP contribution in [0.2, 0.25) is 0 Å². The zero-order valence-corrected chi connectivity index (χ0v) is 12.2. The Labute approximate surface area is 124 Å². The lowest BCUT2D eigenvalue weighted by Gasteiger charge is -2.21. The smallest absolute Gasteiger partial charge is 0.192 e. The van der Waals surface area contributed by atoms with Crippen LogP contribution >= 0.6 is 0 Å². The largest absolute Gasteiger partial charge is 0.497 e. The van der Waals surface area contributed by atoms with Crippen LogP contribution in [0.3, 0.4) is 0 Å². The third kappa shape index (κ3) is 3.52. The SMILES string of the molecule is COc1ccc(CN(CC(=O)c2ccc[nH]2)C2CC2)cc1. The molecule has 1 fully saturated rings. The molecule has 0 bridgehead atoms. The van der Waals surface area contributed by atoms with E-state index in [9.17, 15) is 4.79 Å². The predicted molar refractivity (Wildman–Crippen MR) is 81.5 cm³/mol. The lowest BCUT2D eigenvalue weighted by Crippen LogP contribution is -2.31. The van der Waals surface area contributed by atoms with Crippen LogP contribution in [0.15, 0.2) is 42.6 Å². The van der Waals surface area contributed by atoms with Gasteiger partial charge in [-0.1, -0.05) is 12.1 Å². The molecule has 0 aliphatic heterocycles. The van der Waals surface area contributed by atoms with E-state index < -0.39 is 0 Å². The predicted octanol–water partition coefficient (Wildman–Crippen LogP) is 2.87. The van der Waals surface area contributed by atoms with E-state index in [4.69, 9.17) is 4.74 Å². The van der Waals surface area contributed by atoms with Gasteiger partial charge >= 0.3 is 0 Å². The second-order valence-corrected chi connectivity index (χ2v) is 5.49. The average Bonchev–Trinajstić information content (AvgIpc) is 3.21. The highest BCUT2D eigenvalue weighted by Gasteiger charge is 2.30. The summed E-state index contributed by atoms with van der Waals surface area (Å²) in [5, 5.41) is 0. The van der Waals surface area contributed by atoms with Gasteiger partial charge in [0.2, 0.25) is 0 Å². The molecule has 0 atom stereocenters. The second-order valence-electron chi connectivity index (χ2n) is 5.49. The molecule has 1 N–H and O–H groups in total. The fraction of sp³-hybridized carbons (Fsp3) is 0.353. The van der Waals surface area contributed by atoms with Gasteiger partial charge in [0.05, 0.1) is 19.3 Å². The number of ketones is 1. The third-order valence-electron chi connectivity index (χ3n) is 3.85. The number of aromatic nitrogens is 1. The minimum absolute atomic E-state index is 0.153. The maximum atomic E-state index is 12.2. The highest BCUT2D eigenvalue weighted by Crippen LogP contribution is 2.28. The molecular formula is C17H20N2O2. The summed E-state index contributed by atoms with van der Waals surface area (Å²) in [6.45, 7) is 1.28. The summed E-state index contributed by atoms with van der Waals surface area (Å²) in [6.07, 6.45) is 4.17. The van der Waals surface area contributed by atoms with Gasteiger partial charge in [-0.25, -0.2) is 0 Å². The molecule has 0 radical (unpaired) electrons. The zero-order chi connectivity index (χ0) is 14.7. The molecule has 4 heteroatoms. The summed E-state index contributed by atoms with van der Waals surface area (Å²) in [4.78, 5) is 17.5. The van der Waals surface area contributed by atoms with E-state index in [0.717, 1.165) is 12.3 Å². The summed E-state index contributed by atoms with van der Waals surface area (Å²) in [6, 6.07) is 12.3. The Balaban J connectivity index is 1.65. The molecule has 1 aliphatic carbocycles. The Kier molecular flexibility index (Phi) is 4.06. The van der Waals surface area contributed by atoms with Crippen molar-refractivity contribution in [3.8, 4) is 5.75 Å².